The van der Waals surface area contributed by atoms with Gasteiger partial charge in [0, 0.05) is 49.7 Å². The van der Waals surface area contributed by atoms with E-state index in [1.54, 1.807) is 40.3 Å². The second kappa shape index (κ2) is 11.8. The van der Waals surface area contributed by atoms with Crippen LogP contribution in [0.3, 0.4) is 0 Å². The van der Waals surface area contributed by atoms with Gasteiger partial charge in [-0.05, 0) is 54.8 Å². The molecule has 6 nitrogen and oxygen atoms in total. The van der Waals surface area contributed by atoms with E-state index in [4.69, 9.17) is 27.9 Å². The molecule has 0 atom stereocenters. The van der Waals surface area contributed by atoms with Crippen molar-refractivity contribution in [2.24, 2.45) is 5.41 Å². The van der Waals surface area contributed by atoms with Gasteiger partial charge in [0.1, 0.15) is 10.9 Å². The Hall–Kier alpha value is -3.09. The minimum Gasteiger partial charge on any atom is -0.493 e. The lowest BCUT2D eigenvalue weighted by Crippen LogP contribution is -2.47. The number of ether oxygens (including phenoxy) is 1. The van der Waals surface area contributed by atoms with Crippen LogP contribution in [-0.4, -0.2) is 53.3 Å². The molecule has 2 amide bonds. The van der Waals surface area contributed by atoms with Crippen molar-refractivity contribution in [3.8, 4) is 5.75 Å². The van der Waals surface area contributed by atoms with Crippen LogP contribution in [-0.2, 0) is 11.3 Å². The number of aromatic nitrogens is 1. The average Bonchev–Trinajstić information content (AvgIpc) is 2.89. The Kier molecular flexibility index (Phi) is 8.49. The molecule has 3 aromatic rings. The van der Waals surface area contributed by atoms with Crippen LogP contribution in [0.2, 0.25) is 10.2 Å². The highest BCUT2D eigenvalue weighted by Crippen LogP contribution is 2.37. The topological polar surface area (TPSA) is 62.7 Å². The molecule has 1 aromatic heterocycles. The van der Waals surface area contributed by atoms with Crippen molar-refractivity contribution in [1.82, 2.24) is 14.8 Å². The summed E-state index contributed by atoms with van der Waals surface area (Å²) >= 11 is 12.2. The first-order valence-corrected chi connectivity index (χ1v) is 12.7. The molecule has 2 heterocycles. The van der Waals surface area contributed by atoms with Gasteiger partial charge in [0.05, 0.1) is 12.2 Å². The number of amides is 2. The summed E-state index contributed by atoms with van der Waals surface area (Å²) in [7, 11) is 1.83. The summed E-state index contributed by atoms with van der Waals surface area (Å²) in [5.41, 5.74) is 1.06. The van der Waals surface area contributed by atoms with Crippen LogP contribution in [0.5, 0.6) is 5.75 Å². The van der Waals surface area contributed by atoms with Crippen molar-refractivity contribution < 1.29 is 14.3 Å². The highest BCUT2D eigenvalue weighted by Gasteiger charge is 2.39. The summed E-state index contributed by atoms with van der Waals surface area (Å²) in [5.74, 6) is 0.603. The van der Waals surface area contributed by atoms with Crippen LogP contribution in [0.25, 0.3) is 0 Å². The SMILES string of the molecule is CN(Cc1ccccc1)C(=O)CC1(COc2ccc(Cl)cc2)CCN(C(=O)c2cccnc2Cl)CC1. The number of hydrogen-bond acceptors (Lipinski definition) is 4. The summed E-state index contributed by atoms with van der Waals surface area (Å²) < 4.78 is 6.14. The molecule has 1 fully saturated rings. The molecule has 2 aromatic carbocycles. The molecule has 36 heavy (non-hydrogen) atoms. The molecule has 0 saturated carbocycles. The zero-order valence-corrected chi connectivity index (χ0v) is 21.7. The number of rotatable bonds is 8. The molecular formula is C28H29Cl2N3O3. The van der Waals surface area contributed by atoms with Gasteiger partial charge in [-0.1, -0.05) is 53.5 Å². The van der Waals surface area contributed by atoms with Gasteiger partial charge in [-0.15, -0.1) is 0 Å². The number of likely N-dealkylation sites (tertiary alicyclic amines) is 1. The van der Waals surface area contributed by atoms with Gasteiger partial charge in [0.25, 0.3) is 5.91 Å². The Morgan fingerprint density at radius 3 is 2.36 bits per heavy atom. The van der Waals surface area contributed by atoms with E-state index in [1.165, 1.54) is 0 Å². The monoisotopic (exact) mass is 525 g/mol. The highest BCUT2D eigenvalue weighted by molar-refractivity contribution is 6.32. The van der Waals surface area contributed by atoms with Crippen molar-refractivity contribution in [3.63, 3.8) is 0 Å². The lowest BCUT2D eigenvalue weighted by Gasteiger charge is -2.42. The first kappa shape index (κ1) is 26.0. The third-order valence-corrected chi connectivity index (χ3v) is 7.23. The van der Waals surface area contributed by atoms with Crippen LogP contribution in [0.15, 0.2) is 72.9 Å². The molecule has 0 radical (unpaired) electrons. The van der Waals surface area contributed by atoms with Crippen LogP contribution < -0.4 is 4.74 Å². The first-order chi connectivity index (χ1) is 17.3. The van der Waals surface area contributed by atoms with Crippen LogP contribution in [0.1, 0.15) is 35.2 Å². The molecule has 1 aliphatic heterocycles. The van der Waals surface area contributed by atoms with Crippen molar-refractivity contribution >= 4 is 35.0 Å². The van der Waals surface area contributed by atoms with Gasteiger partial charge < -0.3 is 14.5 Å². The predicted molar refractivity (Wildman–Crippen MR) is 141 cm³/mol. The summed E-state index contributed by atoms with van der Waals surface area (Å²) in [6.07, 6.45) is 3.16. The van der Waals surface area contributed by atoms with E-state index in [9.17, 15) is 9.59 Å². The zero-order chi connectivity index (χ0) is 25.5. The Bertz CT molecular complexity index is 1180. The zero-order valence-electron chi connectivity index (χ0n) is 20.2. The number of carbonyl (C=O) groups is 2. The van der Waals surface area contributed by atoms with Crippen molar-refractivity contribution in [2.45, 2.75) is 25.8 Å². The molecule has 0 spiro atoms. The first-order valence-electron chi connectivity index (χ1n) is 11.9. The third kappa shape index (κ3) is 6.56. The van der Waals surface area contributed by atoms with Gasteiger partial charge >= 0.3 is 0 Å². The molecular weight excluding hydrogens is 497 g/mol. The third-order valence-electron chi connectivity index (χ3n) is 6.67. The Morgan fingerprint density at radius 1 is 1.00 bits per heavy atom. The van der Waals surface area contributed by atoms with Crippen molar-refractivity contribution in [2.75, 3.05) is 26.7 Å². The van der Waals surface area contributed by atoms with Crippen LogP contribution in [0.4, 0.5) is 0 Å². The Balaban J connectivity index is 1.46. The van der Waals surface area contributed by atoms with Gasteiger partial charge in [-0.3, -0.25) is 9.59 Å². The summed E-state index contributed by atoms with van der Waals surface area (Å²) in [6, 6.07) is 20.5. The van der Waals surface area contributed by atoms with Gasteiger partial charge in [-0.25, -0.2) is 4.98 Å². The molecule has 188 valence electrons. The van der Waals surface area contributed by atoms with Gasteiger partial charge in [0.2, 0.25) is 5.91 Å². The second-order valence-electron chi connectivity index (χ2n) is 9.29. The molecule has 1 aliphatic rings. The fraction of sp³-hybridized carbons (Fsp3) is 0.321. The lowest BCUT2D eigenvalue weighted by atomic mass is 9.75. The summed E-state index contributed by atoms with van der Waals surface area (Å²) in [5, 5.41) is 0.832. The summed E-state index contributed by atoms with van der Waals surface area (Å²) in [4.78, 5) is 33.9. The van der Waals surface area contributed by atoms with E-state index in [0.29, 0.717) is 61.8 Å². The highest BCUT2D eigenvalue weighted by atomic mass is 35.5. The number of hydrogen-bond donors (Lipinski definition) is 0. The van der Waals surface area contributed by atoms with Crippen LogP contribution >= 0.6 is 23.2 Å². The van der Waals surface area contributed by atoms with Crippen molar-refractivity contribution in [1.29, 1.82) is 0 Å². The second-order valence-corrected chi connectivity index (χ2v) is 10.1. The van der Waals surface area contributed by atoms with E-state index in [0.717, 1.165) is 5.56 Å². The number of halogens is 2. The van der Waals surface area contributed by atoms with E-state index < -0.39 is 5.41 Å². The lowest BCUT2D eigenvalue weighted by molar-refractivity contribution is -0.134. The molecule has 8 heteroatoms. The Labute approximate surface area is 221 Å². The fourth-order valence-corrected chi connectivity index (χ4v) is 4.77. The van der Waals surface area contributed by atoms with Gasteiger partial charge in [-0.2, -0.15) is 0 Å². The molecule has 0 aliphatic carbocycles. The standard InChI is InChI=1S/C28H29Cl2N3O3/c1-32(19-21-6-3-2-4-7-21)25(34)18-28(20-36-23-11-9-22(29)10-12-23)13-16-33(17-14-28)27(35)24-8-5-15-31-26(24)30/h2-12,15H,13-14,16-20H2,1H3. The van der Waals surface area contributed by atoms with E-state index in [-0.39, 0.29) is 17.0 Å². The largest absolute Gasteiger partial charge is 0.493 e. The number of carbonyl (C=O) groups excluding carboxylic acids is 2. The minimum atomic E-state index is -0.406. The molecule has 0 bridgehead atoms. The number of piperidine rings is 1. The number of pyridine rings is 1. The van der Waals surface area contributed by atoms with Crippen LogP contribution in [0, 0.1) is 5.41 Å². The maximum Gasteiger partial charge on any atom is 0.256 e. The van der Waals surface area contributed by atoms with Gasteiger partial charge in [0.15, 0.2) is 0 Å². The summed E-state index contributed by atoms with van der Waals surface area (Å²) in [6.45, 7) is 1.92. The predicted octanol–water partition coefficient (Wildman–Crippen LogP) is 5.74. The van der Waals surface area contributed by atoms with E-state index in [2.05, 4.69) is 4.98 Å². The maximum absolute atomic E-state index is 13.3. The quantitative estimate of drug-likeness (QED) is 0.352. The molecule has 0 N–H and O–H groups in total. The molecule has 0 unspecified atom stereocenters. The molecule has 4 rings (SSSR count). The number of nitrogens with zero attached hydrogens (tertiary/aromatic N) is 3. The smallest absolute Gasteiger partial charge is 0.256 e. The number of benzene rings is 2. The average molecular weight is 526 g/mol. The Morgan fingerprint density at radius 2 is 1.69 bits per heavy atom. The maximum atomic E-state index is 13.3. The molecule has 1 saturated heterocycles. The minimum absolute atomic E-state index is 0.0497. The van der Waals surface area contributed by atoms with E-state index >= 15 is 0 Å². The fourth-order valence-electron chi connectivity index (χ4n) is 4.44. The van der Waals surface area contributed by atoms with E-state index in [1.807, 2.05) is 49.5 Å². The normalized spacial score (nSPS) is 14.8. The van der Waals surface area contributed by atoms with Crippen molar-refractivity contribution in [3.05, 3.63) is 94.2 Å².